The normalized spacial score (nSPS) is 15.5. The first-order chi connectivity index (χ1) is 15.7. The fourth-order valence-electron chi connectivity index (χ4n) is 3.98. The Hall–Kier alpha value is -2.64. The SMILES string of the molecule is CCCCNC(=O)c1cn(C(C)C)cc(C(=O)N2CCC(O)(c3ccc(Cl)cc3)CC2)c1=O. The quantitative estimate of drug-likeness (QED) is 0.599. The van der Waals surface area contributed by atoms with Gasteiger partial charge < -0.3 is 19.9 Å². The Kier molecular flexibility index (Phi) is 7.97. The second kappa shape index (κ2) is 10.5. The molecular formula is C25H32ClN3O4. The van der Waals surface area contributed by atoms with E-state index in [4.69, 9.17) is 11.6 Å². The molecule has 2 aromatic rings. The van der Waals surface area contributed by atoms with Crippen molar-refractivity contribution in [3.63, 3.8) is 0 Å². The lowest BCUT2D eigenvalue weighted by Gasteiger charge is -2.38. The van der Waals surface area contributed by atoms with Gasteiger partial charge in [0.25, 0.3) is 11.8 Å². The molecule has 1 aromatic heterocycles. The molecule has 1 saturated heterocycles. The predicted octanol–water partition coefficient (Wildman–Crippen LogP) is 3.74. The second-order valence-electron chi connectivity index (χ2n) is 8.90. The summed E-state index contributed by atoms with van der Waals surface area (Å²) in [5.74, 6) is -0.885. The smallest absolute Gasteiger partial charge is 0.259 e. The minimum absolute atomic E-state index is 0.0243. The third-order valence-corrected chi connectivity index (χ3v) is 6.44. The molecule has 0 spiro atoms. The minimum atomic E-state index is -1.06. The monoisotopic (exact) mass is 473 g/mol. The van der Waals surface area contributed by atoms with Crippen LogP contribution in [-0.2, 0) is 5.60 Å². The molecular weight excluding hydrogens is 442 g/mol. The molecule has 3 rings (SSSR count). The van der Waals surface area contributed by atoms with Gasteiger partial charge in [-0.2, -0.15) is 0 Å². The molecule has 2 amide bonds. The van der Waals surface area contributed by atoms with Gasteiger partial charge in [-0.1, -0.05) is 37.1 Å². The highest BCUT2D eigenvalue weighted by molar-refractivity contribution is 6.30. The van der Waals surface area contributed by atoms with E-state index in [0.29, 0.717) is 37.5 Å². The van der Waals surface area contributed by atoms with Crippen molar-refractivity contribution in [2.24, 2.45) is 0 Å². The molecule has 33 heavy (non-hydrogen) atoms. The summed E-state index contributed by atoms with van der Waals surface area (Å²) in [7, 11) is 0. The maximum absolute atomic E-state index is 13.3. The zero-order valence-electron chi connectivity index (χ0n) is 19.4. The maximum atomic E-state index is 13.3. The highest BCUT2D eigenvalue weighted by Crippen LogP contribution is 2.33. The molecule has 1 fully saturated rings. The number of pyridine rings is 1. The number of nitrogens with zero attached hydrogens (tertiary/aromatic N) is 2. The molecule has 8 heteroatoms. The number of carbonyl (C=O) groups excluding carboxylic acids is 2. The third-order valence-electron chi connectivity index (χ3n) is 6.19. The summed E-state index contributed by atoms with van der Waals surface area (Å²) in [5, 5.41) is 14.5. The molecule has 2 N–H and O–H groups in total. The van der Waals surface area contributed by atoms with Gasteiger partial charge in [0.15, 0.2) is 0 Å². The summed E-state index contributed by atoms with van der Waals surface area (Å²) in [6.45, 7) is 6.93. The van der Waals surface area contributed by atoms with Gasteiger partial charge in [0, 0.05) is 43.1 Å². The summed E-state index contributed by atoms with van der Waals surface area (Å²) in [6, 6.07) is 7.02. The highest BCUT2D eigenvalue weighted by Gasteiger charge is 2.36. The molecule has 0 atom stereocenters. The van der Waals surface area contributed by atoms with Crippen molar-refractivity contribution in [2.75, 3.05) is 19.6 Å². The molecule has 178 valence electrons. The number of aromatic nitrogens is 1. The highest BCUT2D eigenvalue weighted by atomic mass is 35.5. The molecule has 0 saturated carbocycles. The number of hydrogen-bond acceptors (Lipinski definition) is 4. The number of unbranched alkanes of at least 4 members (excludes halogenated alkanes) is 1. The molecule has 7 nitrogen and oxygen atoms in total. The summed E-state index contributed by atoms with van der Waals surface area (Å²) < 4.78 is 1.72. The zero-order valence-corrected chi connectivity index (χ0v) is 20.2. The van der Waals surface area contributed by atoms with Crippen LogP contribution in [0, 0.1) is 0 Å². The standard InChI is InChI=1S/C25H32ClN3O4/c1-4-5-12-27-23(31)20-15-29(17(2)3)16-21(22(20)30)24(32)28-13-10-25(33,11-14-28)18-6-8-19(26)9-7-18/h6-9,15-17,33H,4-5,10-14H2,1-3H3,(H,27,31). The number of likely N-dealkylation sites (tertiary alicyclic amines) is 1. The number of benzene rings is 1. The number of aliphatic hydroxyl groups is 1. The molecule has 0 bridgehead atoms. The molecule has 1 aliphatic heterocycles. The predicted molar refractivity (Wildman–Crippen MR) is 129 cm³/mol. The number of piperidine rings is 1. The Morgan fingerprint density at radius 2 is 1.73 bits per heavy atom. The largest absolute Gasteiger partial charge is 0.385 e. The van der Waals surface area contributed by atoms with Gasteiger partial charge in [-0.3, -0.25) is 14.4 Å². The van der Waals surface area contributed by atoms with Gasteiger partial charge >= 0.3 is 0 Å². The van der Waals surface area contributed by atoms with E-state index in [-0.39, 0.29) is 17.2 Å². The number of nitrogens with one attached hydrogen (secondary N) is 1. The van der Waals surface area contributed by atoms with Crippen molar-refractivity contribution >= 4 is 23.4 Å². The molecule has 2 heterocycles. The van der Waals surface area contributed by atoms with E-state index in [1.165, 1.54) is 12.4 Å². The van der Waals surface area contributed by atoms with Gasteiger partial charge in [-0.05, 0) is 50.8 Å². The molecule has 1 aliphatic rings. The van der Waals surface area contributed by atoms with Crippen LogP contribution >= 0.6 is 11.6 Å². The number of halogens is 1. The molecule has 0 radical (unpaired) electrons. The Balaban J connectivity index is 1.82. The van der Waals surface area contributed by atoms with Gasteiger partial charge in [0.2, 0.25) is 5.43 Å². The first kappa shape index (κ1) is 25.0. The number of amides is 2. The van der Waals surface area contributed by atoms with Gasteiger partial charge in [-0.25, -0.2) is 0 Å². The zero-order chi connectivity index (χ0) is 24.2. The van der Waals surface area contributed by atoms with E-state index in [1.807, 2.05) is 20.8 Å². The van der Waals surface area contributed by atoms with Crippen molar-refractivity contribution in [2.45, 2.75) is 58.1 Å². The van der Waals surface area contributed by atoms with Gasteiger partial charge in [-0.15, -0.1) is 0 Å². The fourth-order valence-corrected chi connectivity index (χ4v) is 4.11. The first-order valence-corrected chi connectivity index (χ1v) is 11.9. The van der Waals surface area contributed by atoms with Crippen LogP contribution in [0.15, 0.2) is 41.5 Å². The summed E-state index contributed by atoms with van der Waals surface area (Å²) in [4.78, 5) is 40.6. The Bertz CT molecular complexity index is 1050. The number of carbonyl (C=O) groups is 2. The van der Waals surface area contributed by atoms with Crippen LogP contribution in [-0.4, -0.2) is 46.0 Å². The van der Waals surface area contributed by atoms with E-state index in [2.05, 4.69) is 5.32 Å². The number of rotatable bonds is 7. The van der Waals surface area contributed by atoms with Crippen molar-refractivity contribution in [1.29, 1.82) is 0 Å². The Labute approximate surface area is 199 Å². The van der Waals surface area contributed by atoms with Crippen molar-refractivity contribution in [3.05, 3.63) is 68.6 Å². The average molecular weight is 474 g/mol. The van der Waals surface area contributed by atoms with Crippen molar-refractivity contribution < 1.29 is 14.7 Å². The Morgan fingerprint density at radius 1 is 1.12 bits per heavy atom. The Morgan fingerprint density at radius 3 is 2.30 bits per heavy atom. The summed E-state index contributed by atoms with van der Waals surface area (Å²) in [5.41, 5.74) is -0.916. The second-order valence-corrected chi connectivity index (χ2v) is 9.33. The minimum Gasteiger partial charge on any atom is -0.385 e. The maximum Gasteiger partial charge on any atom is 0.259 e. The van der Waals surface area contributed by atoms with Crippen LogP contribution in [0.3, 0.4) is 0 Å². The topological polar surface area (TPSA) is 91.6 Å². The molecule has 0 aliphatic carbocycles. The summed E-state index contributed by atoms with van der Waals surface area (Å²) in [6.07, 6.45) is 5.46. The van der Waals surface area contributed by atoms with Gasteiger partial charge in [0.1, 0.15) is 11.1 Å². The van der Waals surface area contributed by atoms with Crippen LogP contribution in [0.5, 0.6) is 0 Å². The number of hydrogen-bond donors (Lipinski definition) is 2. The fraction of sp³-hybridized carbons (Fsp3) is 0.480. The van der Waals surface area contributed by atoms with E-state index >= 15 is 0 Å². The first-order valence-electron chi connectivity index (χ1n) is 11.5. The lowest BCUT2D eigenvalue weighted by Crippen LogP contribution is -2.46. The van der Waals surface area contributed by atoms with E-state index in [1.54, 1.807) is 33.7 Å². The van der Waals surface area contributed by atoms with Crippen LogP contribution in [0.4, 0.5) is 0 Å². The average Bonchev–Trinajstić information content (AvgIpc) is 2.79. The lowest BCUT2D eigenvalue weighted by molar-refractivity contribution is -0.0211. The van der Waals surface area contributed by atoms with Crippen molar-refractivity contribution in [1.82, 2.24) is 14.8 Å². The van der Waals surface area contributed by atoms with Crippen LogP contribution in [0.25, 0.3) is 0 Å². The lowest BCUT2D eigenvalue weighted by atomic mass is 9.84. The van der Waals surface area contributed by atoms with E-state index < -0.39 is 22.8 Å². The van der Waals surface area contributed by atoms with Gasteiger partial charge in [0.05, 0.1) is 5.60 Å². The van der Waals surface area contributed by atoms with Crippen LogP contribution < -0.4 is 10.7 Å². The molecule has 0 unspecified atom stereocenters. The van der Waals surface area contributed by atoms with E-state index in [0.717, 1.165) is 18.4 Å². The van der Waals surface area contributed by atoms with Crippen LogP contribution in [0.2, 0.25) is 5.02 Å². The van der Waals surface area contributed by atoms with Crippen LogP contribution in [0.1, 0.15) is 78.8 Å². The third kappa shape index (κ3) is 5.65. The van der Waals surface area contributed by atoms with Crippen molar-refractivity contribution in [3.8, 4) is 0 Å². The van der Waals surface area contributed by atoms with E-state index in [9.17, 15) is 19.5 Å². The summed E-state index contributed by atoms with van der Waals surface area (Å²) >= 11 is 5.95. The molecule has 1 aromatic carbocycles.